The van der Waals surface area contributed by atoms with Gasteiger partial charge in [0.1, 0.15) is 11.5 Å². The largest absolute Gasteiger partial charge is 0.489 e. The molecule has 0 unspecified atom stereocenters. The number of anilines is 2. The summed E-state index contributed by atoms with van der Waals surface area (Å²) >= 11 is 0. The zero-order valence-corrected chi connectivity index (χ0v) is 13.5. The van der Waals surface area contributed by atoms with Crippen molar-refractivity contribution in [2.24, 2.45) is 0 Å². The van der Waals surface area contributed by atoms with Gasteiger partial charge in [-0.05, 0) is 38.1 Å². The standard InChI is InChI=1S/C18H18N2O4/c1-11(2)24-14-8-4-3-7-13(14)19-18(22)12-6-5-9-15-17(12)20-16(21)10-23-15/h3-9,11H,10H2,1-2H3,(H,19,22)(H,20,21). The highest BCUT2D eigenvalue weighted by Gasteiger charge is 2.22. The molecule has 3 rings (SSSR count). The van der Waals surface area contributed by atoms with Gasteiger partial charge in [-0.2, -0.15) is 0 Å². The molecule has 0 fully saturated rings. The number of carbonyl (C=O) groups is 2. The molecule has 1 heterocycles. The van der Waals surface area contributed by atoms with Gasteiger partial charge in [0, 0.05) is 0 Å². The van der Waals surface area contributed by atoms with Gasteiger partial charge in [-0.1, -0.05) is 18.2 Å². The van der Waals surface area contributed by atoms with Crippen LogP contribution in [0.4, 0.5) is 11.4 Å². The van der Waals surface area contributed by atoms with Gasteiger partial charge >= 0.3 is 0 Å². The number of nitrogens with one attached hydrogen (secondary N) is 2. The molecule has 0 saturated heterocycles. The lowest BCUT2D eigenvalue weighted by Gasteiger charge is -2.20. The predicted molar refractivity (Wildman–Crippen MR) is 90.7 cm³/mol. The van der Waals surface area contributed by atoms with Crippen molar-refractivity contribution in [3.63, 3.8) is 0 Å². The third-order valence-electron chi connectivity index (χ3n) is 3.39. The molecule has 0 bridgehead atoms. The molecule has 6 nitrogen and oxygen atoms in total. The molecule has 0 radical (unpaired) electrons. The Balaban J connectivity index is 1.88. The highest BCUT2D eigenvalue weighted by atomic mass is 16.5. The lowest BCUT2D eigenvalue weighted by molar-refractivity contribution is -0.118. The molecular weight excluding hydrogens is 308 g/mol. The number of hydrogen-bond acceptors (Lipinski definition) is 4. The van der Waals surface area contributed by atoms with Crippen molar-refractivity contribution in [3.05, 3.63) is 48.0 Å². The van der Waals surface area contributed by atoms with Gasteiger partial charge in [-0.15, -0.1) is 0 Å². The third-order valence-corrected chi connectivity index (χ3v) is 3.39. The Bertz CT molecular complexity index is 786. The van der Waals surface area contributed by atoms with E-state index in [1.165, 1.54) is 0 Å². The number of amides is 2. The van der Waals surface area contributed by atoms with E-state index >= 15 is 0 Å². The summed E-state index contributed by atoms with van der Waals surface area (Å²) in [6.07, 6.45) is -0.0137. The molecule has 24 heavy (non-hydrogen) atoms. The summed E-state index contributed by atoms with van der Waals surface area (Å²) in [7, 11) is 0. The van der Waals surface area contributed by atoms with Crippen molar-refractivity contribution >= 4 is 23.2 Å². The number of rotatable bonds is 4. The van der Waals surface area contributed by atoms with Gasteiger partial charge in [-0.3, -0.25) is 9.59 Å². The zero-order valence-electron chi connectivity index (χ0n) is 13.5. The summed E-state index contributed by atoms with van der Waals surface area (Å²) in [5.41, 5.74) is 1.28. The zero-order chi connectivity index (χ0) is 17.1. The maximum absolute atomic E-state index is 12.7. The summed E-state index contributed by atoms with van der Waals surface area (Å²) < 4.78 is 11.0. The van der Waals surface area contributed by atoms with Crippen LogP contribution in [-0.2, 0) is 4.79 Å². The smallest absolute Gasteiger partial charge is 0.262 e. The Morgan fingerprint density at radius 1 is 1.21 bits per heavy atom. The van der Waals surface area contributed by atoms with Gasteiger partial charge in [0.05, 0.1) is 23.0 Å². The number of fused-ring (bicyclic) bond motifs is 1. The Kier molecular flexibility index (Phi) is 4.37. The van der Waals surface area contributed by atoms with E-state index in [2.05, 4.69) is 10.6 Å². The fourth-order valence-corrected chi connectivity index (χ4v) is 2.40. The summed E-state index contributed by atoms with van der Waals surface area (Å²) in [6.45, 7) is 3.78. The topological polar surface area (TPSA) is 76.7 Å². The highest BCUT2D eigenvalue weighted by molar-refractivity contribution is 6.12. The number of para-hydroxylation sites is 3. The SMILES string of the molecule is CC(C)Oc1ccccc1NC(=O)c1cccc2c1NC(=O)CO2. The minimum atomic E-state index is -0.350. The van der Waals surface area contributed by atoms with Crippen LogP contribution in [-0.4, -0.2) is 24.5 Å². The molecule has 1 aliphatic rings. The van der Waals surface area contributed by atoms with E-state index < -0.39 is 0 Å². The molecule has 2 amide bonds. The summed E-state index contributed by atoms with van der Waals surface area (Å²) in [5.74, 6) is 0.434. The molecule has 0 saturated carbocycles. The molecule has 2 aromatic rings. The van der Waals surface area contributed by atoms with E-state index in [4.69, 9.17) is 9.47 Å². The number of carbonyl (C=O) groups excluding carboxylic acids is 2. The van der Waals surface area contributed by atoms with Crippen LogP contribution >= 0.6 is 0 Å². The Labute approximate surface area is 139 Å². The molecule has 1 aliphatic heterocycles. The van der Waals surface area contributed by atoms with Crippen molar-refractivity contribution in [1.82, 2.24) is 0 Å². The second kappa shape index (κ2) is 6.62. The first kappa shape index (κ1) is 15.9. The molecule has 2 N–H and O–H groups in total. The van der Waals surface area contributed by atoms with E-state index in [-0.39, 0.29) is 24.5 Å². The van der Waals surface area contributed by atoms with Crippen molar-refractivity contribution in [2.45, 2.75) is 20.0 Å². The molecule has 0 aromatic heterocycles. The lowest BCUT2D eigenvalue weighted by atomic mass is 10.1. The van der Waals surface area contributed by atoms with Crippen LogP contribution in [0.5, 0.6) is 11.5 Å². The van der Waals surface area contributed by atoms with Gasteiger partial charge in [-0.25, -0.2) is 0 Å². The van der Waals surface area contributed by atoms with Crippen LogP contribution < -0.4 is 20.1 Å². The van der Waals surface area contributed by atoms with E-state index in [1.54, 1.807) is 30.3 Å². The van der Waals surface area contributed by atoms with Gasteiger partial charge in [0.25, 0.3) is 11.8 Å². The maximum Gasteiger partial charge on any atom is 0.262 e. The van der Waals surface area contributed by atoms with Crippen LogP contribution in [0.25, 0.3) is 0 Å². The monoisotopic (exact) mass is 326 g/mol. The normalized spacial score (nSPS) is 12.9. The number of hydrogen-bond donors (Lipinski definition) is 2. The third kappa shape index (κ3) is 3.32. The minimum absolute atomic E-state index is 0.0137. The Hall–Kier alpha value is -3.02. The van der Waals surface area contributed by atoms with Crippen LogP contribution in [0.2, 0.25) is 0 Å². The van der Waals surface area contributed by atoms with E-state index in [9.17, 15) is 9.59 Å². The van der Waals surface area contributed by atoms with Gasteiger partial charge in [0.15, 0.2) is 6.61 Å². The summed E-state index contributed by atoms with van der Waals surface area (Å²) in [4.78, 5) is 24.2. The molecular formula is C18H18N2O4. The Morgan fingerprint density at radius 2 is 2.00 bits per heavy atom. The van der Waals surface area contributed by atoms with Crippen LogP contribution in [0.3, 0.4) is 0 Å². The summed E-state index contributed by atoms with van der Waals surface area (Å²) in [5, 5.41) is 5.51. The minimum Gasteiger partial charge on any atom is -0.489 e. The van der Waals surface area contributed by atoms with Crippen molar-refractivity contribution in [3.8, 4) is 11.5 Å². The van der Waals surface area contributed by atoms with Gasteiger partial charge in [0.2, 0.25) is 0 Å². The summed E-state index contributed by atoms with van der Waals surface area (Å²) in [6, 6.07) is 12.3. The fourth-order valence-electron chi connectivity index (χ4n) is 2.40. The van der Waals surface area contributed by atoms with Gasteiger partial charge < -0.3 is 20.1 Å². The molecule has 0 atom stereocenters. The van der Waals surface area contributed by atoms with Crippen LogP contribution in [0.1, 0.15) is 24.2 Å². The average Bonchev–Trinajstić information content (AvgIpc) is 2.55. The highest BCUT2D eigenvalue weighted by Crippen LogP contribution is 2.32. The van der Waals surface area contributed by atoms with Crippen LogP contribution in [0, 0.1) is 0 Å². The van der Waals surface area contributed by atoms with Crippen molar-refractivity contribution in [1.29, 1.82) is 0 Å². The second-order valence-corrected chi connectivity index (χ2v) is 5.63. The first-order valence-corrected chi connectivity index (χ1v) is 7.67. The first-order valence-electron chi connectivity index (χ1n) is 7.67. The quantitative estimate of drug-likeness (QED) is 0.905. The van der Waals surface area contributed by atoms with Crippen molar-refractivity contribution in [2.75, 3.05) is 17.2 Å². The predicted octanol–water partition coefficient (Wildman–Crippen LogP) is 3.06. The molecule has 6 heteroatoms. The fraction of sp³-hybridized carbons (Fsp3) is 0.222. The number of benzene rings is 2. The van der Waals surface area contributed by atoms with Crippen molar-refractivity contribution < 1.29 is 19.1 Å². The molecule has 2 aromatic carbocycles. The first-order chi connectivity index (χ1) is 11.5. The number of ether oxygens (including phenoxy) is 2. The maximum atomic E-state index is 12.7. The average molecular weight is 326 g/mol. The molecule has 0 aliphatic carbocycles. The molecule has 124 valence electrons. The lowest BCUT2D eigenvalue weighted by Crippen LogP contribution is -2.27. The Morgan fingerprint density at radius 3 is 2.79 bits per heavy atom. The second-order valence-electron chi connectivity index (χ2n) is 5.63. The van der Waals surface area contributed by atoms with E-state index in [0.29, 0.717) is 28.4 Å². The van der Waals surface area contributed by atoms with E-state index in [1.807, 2.05) is 26.0 Å². The van der Waals surface area contributed by atoms with E-state index in [0.717, 1.165) is 0 Å². The van der Waals surface area contributed by atoms with Crippen LogP contribution in [0.15, 0.2) is 42.5 Å². The molecule has 0 spiro atoms.